The van der Waals surface area contributed by atoms with Gasteiger partial charge in [0.25, 0.3) is 5.91 Å². The lowest BCUT2D eigenvalue weighted by Gasteiger charge is -2.34. The van der Waals surface area contributed by atoms with Crippen LogP contribution < -0.4 is 5.32 Å². The molecule has 3 aromatic carbocycles. The molecule has 0 saturated carbocycles. The maximum Gasteiger partial charge on any atom is 0.255 e. The number of nitrogens with one attached hydrogen (secondary N) is 1. The second-order valence-corrected chi connectivity index (χ2v) is 10.6. The molecular weight excluding hydrogens is 454 g/mol. The molecule has 33 heavy (non-hydrogen) atoms. The topological polar surface area (TPSA) is 69.7 Å². The number of nitrogens with zero attached hydrogens (tertiary/aromatic N) is 2. The van der Waals surface area contributed by atoms with Crippen LogP contribution in [0.15, 0.2) is 88.7 Å². The molecule has 1 aliphatic heterocycles. The Balaban J connectivity index is 1.32. The highest BCUT2D eigenvalue weighted by atomic mass is 32.2. The summed E-state index contributed by atoms with van der Waals surface area (Å²) in [6.45, 7) is 2.98. The molecule has 3 aromatic rings. The van der Waals surface area contributed by atoms with E-state index in [-0.39, 0.29) is 5.91 Å². The molecule has 0 unspecified atom stereocenters. The number of benzene rings is 3. The van der Waals surface area contributed by atoms with E-state index < -0.39 is 10.0 Å². The van der Waals surface area contributed by atoms with E-state index >= 15 is 0 Å². The van der Waals surface area contributed by atoms with E-state index in [1.165, 1.54) is 0 Å². The first-order valence-corrected chi connectivity index (χ1v) is 13.4. The summed E-state index contributed by atoms with van der Waals surface area (Å²) in [6.07, 6.45) is 1.98. The molecule has 1 N–H and O–H groups in total. The second kappa shape index (κ2) is 10.5. The number of hydrogen-bond acceptors (Lipinski definition) is 5. The van der Waals surface area contributed by atoms with Crippen molar-refractivity contribution in [2.75, 3.05) is 37.8 Å². The van der Waals surface area contributed by atoms with Crippen molar-refractivity contribution in [2.45, 2.75) is 16.3 Å². The number of para-hydroxylation sites is 1. The number of sulfonamides is 1. The lowest BCUT2D eigenvalue weighted by atomic mass is 10.1. The Bertz CT molecular complexity index is 1190. The predicted molar refractivity (Wildman–Crippen MR) is 133 cm³/mol. The third-order valence-electron chi connectivity index (χ3n) is 5.69. The zero-order valence-corrected chi connectivity index (χ0v) is 20.1. The van der Waals surface area contributed by atoms with E-state index in [0.29, 0.717) is 36.6 Å². The molecule has 1 fully saturated rings. The standard InChI is InChI=1S/C25H27N3O3S2/c1-32-24-10-6-5-9-23(24)26-25(29)21-13-11-20(12-14-21)19-27-15-17-28(18-16-27)33(30,31)22-7-3-2-4-8-22/h2-14H,15-19H2,1H3,(H,26,29). The van der Waals surface area contributed by atoms with E-state index in [9.17, 15) is 13.2 Å². The van der Waals surface area contributed by atoms with Crippen molar-refractivity contribution in [1.82, 2.24) is 9.21 Å². The van der Waals surface area contributed by atoms with Crippen molar-refractivity contribution in [3.05, 3.63) is 90.0 Å². The van der Waals surface area contributed by atoms with Gasteiger partial charge in [0.05, 0.1) is 10.6 Å². The fraction of sp³-hybridized carbons (Fsp3) is 0.240. The minimum atomic E-state index is -3.44. The lowest BCUT2D eigenvalue weighted by molar-refractivity contribution is 0.102. The van der Waals surface area contributed by atoms with Crippen LogP contribution in [0.5, 0.6) is 0 Å². The Morgan fingerprint density at radius 3 is 2.18 bits per heavy atom. The largest absolute Gasteiger partial charge is 0.321 e. The second-order valence-electron chi connectivity index (χ2n) is 7.84. The average Bonchev–Trinajstić information content (AvgIpc) is 2.85. The molecule has 0 radical (unpaired) electrons. The molecule has 0 spiro atoms. The molecule has 0 atom stereocenters. The summed E-state index contributed by atoms with van der Waals surface area (Å²) in [5, 5.41) is 2.98. The molecule has 0 bridgehead atoms. The van der Waals surface area contributed by atoms with Crippen LogP contribution in [-0.2, 0) is 16.6 Å². The van der Waals surface area contributed by atoms with Crippen molar-refractivity contribution in [3.63, 3.8) is 0 Å². The van der Waals surface area contributed by atoms with E-state index in [4.69, 9.17) is 0 Å². The zero-order chi connectivity index (χ0) is 23.3. The van der Waals surface area contributed by atoms with Crippen LogP contribution in [0.25, 0.3) is 0 Å². The number of hydrogen-bond donors (Lipinski definition) is 1. The van der Waals surface area contributed by atoms with E-state index in [1.807, 2.05) is 60.9 Å². The molecule has 1 saturated heterocycles. The molecule has 0 aliphatic carbocycles. The molecular formula is C25H27N3O3S2. The fourth-order valence-electron chi connectivity index (χ4n) is 3.83. The van der Waals surface area contributed by atoms with Gasteiger partial charge in [-0.15, -0.1) is 11.8 Å². The third-order valence-corrected chi connectivity index (χ3v) is 8.40. The number of anilines is 1. The highest BCUT2D eigenvalue weighted by Crippen LogP contribution is 2.25. The van der Waals surface area contributed by atoms with Crippen LogP contribution in [0.2, 0.25) is 0 Å². The van der Waals surface area contributed by atoms with Crippen LogP contribution in [0, 0.1) is 0 Å². The van der Waals surface area contributed by atoms with Gasteiger partial charge < -0.3 is 5.32 Å². The van der Waals surface area contributed by atoms with Gasteiger partial charge in [-0.1, -0.05) is 42.5 Å². The first-order valence-electron chi connectivity index (χ1n) is 10.8. The van der Waals surface area contributed by atoms with Crippen molar-refractivity contribution < 1.29 is 13.2 Å². The smallest absolute Gasteiger partial charge is 0.255 e. The van der Waals surface area contributed by atoms with Gasteiger partial charge in [0.15, 0.2) is 0 Å². The van der Waals surface area contributed by atoms with Crippen LogP contribution >= 0.6 is 11.8 Å². The molecule has 4 rings (SSSR count). The quantitative estimate of drug-likeness (QED) is 0.513. The van der Waals surface area contributed by atoms with Crippen molar-refractivity contribution in [3.8, 4) is 0 Å². The van der Waals surface area contributed by atoms with Crippen LogP contribution in [0.4, 0.5) is 5.69 Å². The fourth-order valence-corrected chi connectivity index (χ4v) is 5.83. The minimum Gasteiger partial charge on any atom is -0.321 e. The number of amides is 1. The summed E-state index contributed by atoms with van der Waals surface area (Å²) in [6, 6.07) is 23.9. The van der Waals surface area contributed by atoms with Crippen LogP contribution in [0.1, 0.15) is 15.9 Å². The Labute approximate surface area is 199 Å². The van der Waals surface area contributed by atoms with E-state index in [2.05, 4.69) is 10.2 Å². The number of thioether (sulfide) groups is 1. The van der Waals surface area contributed by atoms with E-state index in [0.717, 1.165) is 22.7 Å². The number of piperazine rings is 1. The first-order chi connectivity index (χ1) is 16.0. The number of rotatable bonds is 7. The van der Waals surface area contributed by atoms with Gasteiger partial charge in [-0.3, -0.25) is 9.69 Å². The minimum absolute atomic E-state index is 0.136. The van der Waals surface area contributed by atoms with Crippen LogP contribution in [0.3, 0.4) is 0 Å². The summed E-state index contributed by atoms with van der Waals surface area (Å²) in [5.74, 6) is -0.136. The highest BCUT2D eigenvalue weighted by Gasteiger charge is 2.28. The summed E-state index contributed by atoms with van der Waals surface area (Å²) in [4.78, 5) is 16.2. The summed E-state index contributed by atoms with van der Waals surface area (Å²) in [5.41, 5.74) is 2.51. The Kier molecular flexibility index (Phi) is 7.49. The van der Waals surface area contributed by atoms with Gasteiger partial charge in [0, 0.05) is 43.2 Å². The number of carbonyl (C=O) groups excluding carboxylic acids is 1. The summed E-state index contributed by atoms with van der Waals surface area (Å²) >= 11 is 1.59. The van der Waals surface area contributed by atoms with Crippen molar-refractivity contribution in [1.29, 1.82) is 0 Å². The maximum absolute atomic E-state index is 12.8. The maximum atomic E-state index is 12.8. The molecule has 172 valence electrons. The normalized spacial score (nSPS) is 15.3. The monoisotopic (exact) mass is 481 g/mol. The van der Waals surface area contributed by atoms with Gasteiger partial charge in [-0.2, -0.15) is 4.31 Å². The Hall–Kier alpha value is -2.65. The highest BCUT2D eigenvalue weighted by molar-refractivity contribution is 7.98. The van der Waals surface area contributed by atoms with Gasteiger partial charge >= 0.3 is 0 Å². The summed E-state index contributed by atoms with van der Waals surface area (Å²) in [7, 11) is -3.44. The molecule has 6 nitrogen and oxygen atoms in total. The van der Waals surface area contributed by atoms with Crippen molar-refractivity contribution >= 4 is 33.4 Å². The molecule has 8 heteroatoms. The van der Waals surface area contributed by atoms with Crippen LogP contribution in [-0.4, -0.2) is 56.0 Å². The predicted octanol–water partition coefficient (Wildman–Crippen LogP) is 4.17. The molecule has 1 aliphatic rings. The molecule has 1 heterocycles. The van der Waals surface area contributed by atoms with Gasteiger partial charge in [0.1, 0.15) is 0 Å². The lowest BCUT2D eigenvalue weighted by Crippen LogP contribution is -2.48. The van der Waals surface area contributed by atoms with Gasteiger partial charge in [-0.25, -0.2) is 8.42 Å². The number of carbonyl (C=O) groups is 1. The average molecular weight is 482 g/mol. The third kappa shape index (κ3) is 5.65. The first kappa shape index (κ1) is 23.5. The molecule has 1 amide bonds. The zero-order valence-electron chi connectivity index (χ0n) is 18.5. The van der Waals surface area contributed by atoms with Gasteiger partial charge in [0.2, 0.25) is 10.0 Å². The van der Waals surface area contributed by atoms with Crippen molar-refractivity contribution in [2.24, 2.45) is 0 Å². The Morgan fingerprint density at radius 2 is 1.52 bits per heavy atom. The van der Waals surface area contributed by atoms with Gasteiger partial charge in [-0.05, 0) is 48.2 Å². The summed E-state index contributed by atoms with van der Waals surface area (Å²) < 4.78 is 27.1. The van der Waals surface area contributed by atoms with E-state index in [1.54, 1.807) is 40.3 Å². The Morgan fingerprint density at radius 1 is 0.879 bits per heavy atom. The SMILES string of the molecule is CSc1ccccc1NC(=O)c1ccc(CN2CCN(S(=O)(=O)c3ccccc3)CC2)cc1. The molecule has 0 aromatic heterocycles.